The third-order valence-electron chi connectivity index (χ3n) is 4.75. The van der Waals surface area contributed by atoms with Gasteiger partial charge in [0, 0.05) is 32.6 Å². The first-order chi connectivity index (χ1) is 12.9. The highest BCUT2D eigenvalue weighted by Gasteiger charge is 2.34. The summed E-state index contributed by atoms with van der Waals surface area (Å²) < 4.78 is 27.6. The van der Waals surface area contributed by atoms with Crippen molar-refractivity contribution >= 4 is 15.9 Å². The fourth-order valence-electron chi connectivity index (χ4n) is 3.11. The quantitative estimate of drug-likeness (QED) is 0.703. The zero-order valence-corrected chi connectivity index (χ0v) is 16.3. The molecule has 1 saturated heterocycles. The molecule has 2 aromatic rings. The Kier molecular flexibility index (Phi) is 5.85. The minimum atomic E-state index is -3.30. The third-order valence-corrected chi connectivity index (χ3v) is 7.02. The molecular weight excluding hydrogens is 368 g/mol. The van der Waals surface area contributed by atoms with Crippen LogP contribution in [0.25, 0.3) is 0 Å². The molecule has 1 aliphatic heterocycles. The molecule has 0 saturated carbocycles. The lowest BCUT2D eigenvalue weighted by Gasteiger charge is -2.36. The lowest BCUT2D eigenvalue weighted by molar-refractivity contribution is -0.136. The first-order valence-electron chi connectivity index (χ1n) is 8.93. The molecule has 0 spiro atoms. The molecule has 146 valence electrons. The first-order valence-corrected chi connectivity index (χ1v) is 10.4. The second-order valence-corrected chi connectivity index (χ2v) is 9.30. The number of amides is 1. The zero-order valence-electron chi connectivity index (χ0n) is 15.5. The van der Waals surface area contributed by atoms with Crippen molar-refractivity contribution in [1.29, 1.82) is 0 Å². The molecule has 0 N–H and O–H groups in total. The van der Waals surface area contributed by atoms with Crippen LogP contribution in [0, 0.1) is 0 Å². The summed E-state index contributed by atoms with van der Waals surface area (Å²) in [6.07, 6.45) is 1.90. The molecule has 1 fully saturated rings. The number of hydrogen-bond donors (Lipinski definition) is 0. The summed E-state index contributed by atoms with van der Waals surface area (Å²) in [4.78, 5) is 14.8. The smallest absolute Gasteiger partial charge is 0.248 e. The van der Waals surface area contributed by atoms with Crippen molar-refractivity contribution in [3.8, 4) is 0 Å². The lowest BCUT2D eigenvalue weighted by atomic mass is 10.0. The Labute approximate surface area is 159 Å². The molecule has 2 heterocycles. The van der Waals surface area contributed by atoms with Gasteiger partial charge in [0.05, 0.1) is 5.25 Å². The van der Waals surface area contributed by atoms with Crippen LogP contribution in [-0.4, -0.2) is 75.2 Å². The van der Waals surface area contributed by atoms with Gasteiger partial charge in [-0.05, 0) is 29.8 Å². The number of sulfonamides is 1. The van der Waals surface area contributed by atoms with Crippen molar-refractivity contribution < 1.29 is 13.2 Å². The second kappa shape index (κ2) is 8.13. The minimum absolute atomic E-state index is 0.104. The van der Waals surface area contributed by atoms with Gasteiger partial charge in [0.15, 0.2) is 0 Å². The predicted molar refractivity (Wildman–Crippen MR) is 99.2 cm³/mol. The van der Waals surface area contributed by atoms with Gasteiger partial charge in [-0.15, -0.1) is 5.10 Å². The summed E-state index contributed by atoms with van der Waals surface area (Å²) in [5, 5.41) is 10.7. The average Bonchev–Trinajstić information content (AvgIpc) is 3.21. The van der Waals surface area contributed by atoms with E-state index in [1.54, 1.807) is 18.7 Å². The maximum absolute atomic E-state index is 13.1. The van der Waals surface area contributed by atoms with E-state index in [0.29, 0.717) is 32.6 Å². The van der Waals surface area contributed by atoms with E-state index in [9.17, 15) is 13.2 Å². The van der Waals surface area contributed by atoms with Crippen LogP contribution in [0.5, 0.6) is 0 Å². The number of tetrazole rings is 1. The van der Waals surface area contributed by atoms with Gasteiger partial charge in [-0.2, -0.15) is 4.31 Å². The first kappa shape index (κ1) is 19.4. The summed E-state index contributed by atoms with van der Waals surface area (Å²) >= 11 is 0. The predicted octanol–water partition coefficient (Wildman–Crippen LogP) is 0.339. The van der Waals surface area contributed by atoms with Crippen LogP contribution in [0.15, 0.2) is 36.7 Å². The van der Waals surface area contributed by atoms with E-state index in [1.807, 2.05) is 30.3 Å². The number of benzene rings is 1. The van der Waals surface area contributed by atoms with Crippen molar-refractivity contribution in [2.75, 3.05) is 26.2 Å². The van der Waals surface area contributed by atoms with Crippen LogP contribution >= 0.6 is 0 Å². The van der Waals surface area contributed by atoms with Crippen molar-refractivity contribution in [2.45, 2.75) is 31.6 Å². The molecule has 27 heavy (non-hydrogen) atoms. The number of carbonyl (C=O) groups is 1. The lowest BCUT2D eigenvalue weighted by Crippen LogP contribution is -2.53. The molecule has 1 amide bonds. The van der Waals surface area contributed by atoms with Crippen LogP contribution in [0.2, 0.25) is 0 Å². The van der Waals surface area contributed by atoms with Gasteiger partial charge >= 0.3 is 0 Å². The number of rotatable bonds is 6. The van der Waals surface area contributed by atoms with E-state index in [2.05, 4.69) is 15.5 Å². The monoisotopic (exact) mass is 392 g/mol. The maximum atomic E-state index is 13.1. The Bertz CT molecular complexity index is 846. The molecule has 1 aromatic carbocycles. The van der Waals surface area contributed by atoms with Gasteiger partial charge in [-0.3, -0.25) is 4.79 Å². The average molecular weight is 392 g/mol. The van der Waals surface area contributed by atoms with E-state index < -0.39 is 21.3 Å². The highest BCUT2D eigenvalue weighted by molar-refractivity contribution is 7.89. The van der Waals surface area contributed by atoms with E-state index in [-0.39, 0.29) is 5.91 Å². The zero-order chi connectivity index (χ0) is 19.4. The SMILES string of the molecule is CC(C)S(=O)(=O)N1CCN(C(=O)C(Cc2ccccc2)n2cnnn2)CC1. The summed E-state index contributed by atoms with van der Waals surface area (Å²) in [5.74, 6) is -0.104. The van der Waals surface area contributed by atoms with Crippen LogP contribution < -0.4 is 0 Å². The molecule has 1 atom stereocenters. The highest BCUT2D eigenvalue weighted by Crippen LogP contribution is 2.19. The molecule has 0 bridgehead atoms. The Morgan fingerprint density at radius 2 is 1.78 bits per heavy atom. The molecule has 9 nitrogen and oxygen atoms in total. The Morgan fingerprint density at radius 1 is 1.11 bits per heavy atom. The van der Waals surface area contributed by atoms with Crippen molar-refractivity contribution in [3.63, 3.8) is 0 Å². The van der Waals surface area contributed by atoms with Crippen LogP contribution in [-0.2, 0) is 21.2 Å². The van der Waals surface area contributed by atoms with Gasteiger partial charge in [0.1, 0.15) is 12.4 Å². The van der Waals surface area contributed by atoms with E-state index in [1.165, 1.54) is 15.3 Å². The van der Waals surface area contributed by atoms with E-state index in [4.69, 9.17) is 0 Å². The van der Waals surface area contributed by atoms with E-state index in [0.717, 1.165) is 5.56 Å². The molecule has 3 rings (SSSR count). The van der Waals surface area contributed by atoms with Gasteiger partial charge in [0.25, 0.3) is 0 Å². The van der Waals surface area contributed by atoms with Gasteiger partial charge in [-0.1, -0.05) is 30.3 Å². The molecule has 10 heteroatoms. The van der Waals surface area contributed by atoms with Crippen molar-refractivity contribution in [1.82, 2.24) is 29.4 Å². The van der Waals surface area contributed by atoms with Crippen LogP contribution in [0.4, 0.5) is 0 Å². The largest absolute Gasteiger partial charge is 0.338 e. The summed E-state index contributed by atoms with van der Waals surface area (Å²) in [7, 11) is -3.30. The normalized spacial score (nSPS) is 17.2. The number of aromatic nitrogens is 4. The molecule has 1 aliphatic rings. The van der Waals surface area contributed by atoms with Gasteiger partial charge < -0.3 is 4.90 Å². The molecular formula is C17H24N6O3S. The Hall–Kier alpha value is -2.33. The number of carbonyl (C=O) groups excluding carboxylic acids is 1. The van der Waals surface area contributed by atoms with Gasteiger partial charge in [0.2, 0.25) is 15.9 Å². The Balaban J connectivity index is 1.72. The fourth-order valence-corrected chi connectivity index (χ4v) is 4.38. The topological polar surface area (TPSA) is 101 Å². The molecule has 1 aromatic heterocycles. The Morgan fingerprint density at radius 3 is 2.33 bits per heavy atom. The number of hydrogen-bond acceptors (Lipinski definition) is 6. The number of piperazine rings is 1. The summed E-state index contributed by atoms with van der Waals surface area (Å²) in [6.45, 7) is 4.66. The summed E-state index contributed by atoms with van der Waals surface area (Å²) in [5.41, 5.74) is 1.01. The van der Waals surface area contributed by atoms with Crippen LogP contribution in [0.3, 0.4) is 0 Å². The van der Waals surface area contributed by atoms with Gasteiger partial charge in [-0.25, -0.2) is 13.1 Å². The maximum Gasteiger partial charge on any atom is 0.248 e. The second-order valence-electron chi connectivity index (χ2n) is 6.81. The molecule has 0 radical (unpaired) electrons. The molecule has 1 unspecified atom stereocenters. The van der Waals surface area contributed by atoms with Crippen LogP contribution in [0.1, 0.15) is 25.5 Å². The van der Waals surface area contributed by atoms with Crippen molar-refractivity contribution in [3.05, 3.63) is 42.2 Å². The highest BCUT2D eigenvalue weighted by atomic mass is 32.2. The minimum Gasteiger partial charge on any atom is -0.338 e. The molecule has 0 aliphatic carbocycles. The third kappa shape index (κ3) is 4.33. The standard InChI is InChI=1S/C17H24N6O3S/c1-14(2)27(25,26)22-10-8-21(9-11-22)17(24)16(23-13-18-19-20-23)12-15-6-4-3-5-7-15/h3-7,13-14,16H,8-12H2,1-2H3. The summed E-state index contributed by atoms with van der Waals surface area (Å²) in [6, 6.07) is 9.12. The van der Waals surface area contributed by atoms with E-state index >= 15 is 0 Å². The van der Waals surface area contributed by atoms with Crippen molar-refractivity contribution in [2.24, 2.45) is 0 Å². The fraction of sp³-hybridized carbons (Fsp3) is 0.529. The number of nitrogens with zero attached hydrogens (tertiary/aromatic N) is 6.